The van der Waals surface area contributed by atoms with Gasteiger partial charge in [0.25, 0.3) is 0 Å². The first-order valence-electron chi connectivity index (χ1n) is 6.78. The average molecular weight is 372 g/mol. The van der Waals surface area contributed by atoms with Gasteiger partial charge in [0.15, 0.2) is 0 Å². The Morgan fingerprint density at radius 3 is 2.75 bits per heavy atom. The Labute approximate surface area is 143 Å². The molecule has 10 heteroatoms. The molecular formula is C14H11F3N4OS2. The highest BCUT2D eigenvalue weighted by atomic mass is 32.2. The highest BCUT2D eigenvalue weighted by Gasteiger charge is 2.30. The Hall–Kier alpha value is -1.94. The van der Waals surface area contributed by atoms with Gasteiger partial charge in [-0.3, -0.25) is 4.40 Å². The molecule has 0 unspecified atom stereocenters. The quantitative estimate of drug-likeness (QED) is 0.546. The van der Waals surface area contributed by atoms with Crippen LogP contribution in [0, 0.1) is 0 Å². The van der Waals surface area contributed by atoms with Gasteiger partial charge in [0.1, 0.15) is 34.1 Å². The van der Waals surface area contributed by atoms with Crippen LogP contribution in [-0.4, -0.2) is 35.7 Å². The first kappa shape index (κ1) is 16.9. The second-order valence-corrected chi connectivity index (χ2v) is 7.03. The molecule has 126 valence electrons. The van der Waals surface area contributed by atoms with Crippen molar-refractivity contribution < 1.29 is 18.3 Å². The largest absolute Gasteiger partial charge is 0.506 e. The Morgan fingerprint density at radius 1 is 1.25 bits per heavy atom. The molecule has 1 N–H and O–H groups in total. The molecule has 3 aromatic rings. The topological polar surface area (TPSA) is 63.3 Å². The molecular weight excluding hydrogens is 361 g/mol. The number of hydrogen-bond donors (Lipinski definition) is 1. The van der Waals surface area contributed by atoms with E-state index < -0.39 is 5.51 Å². The molecule has 0 aliphatic heterocycles. The molecule has 5 nitrogen and oxygen atoms in total. The summed E-state index contributed by atoms with van der Waals surface area (Å²) >= 11 is 1.21. The van der Waals surface area contributed by atoms with E-state index in [0.29, 0.717) is 17.0 Å². The second-order valence-electron chi connectivity index (χ2n) is 4.64. The number of imidazole rings is 1. The fraction of sp³-hybridized carbons (Fsp3) is 0.214. The van der Waals surface area contributed by atoms with Gasteiger partial charge in [-0.2, -0.15) is 13.2 Å². The van der Waals surface area contributed by atoms with Gasteiger partial charge < -0.3 is 5.11 Å². The Balaban J connectivity index is 2.02. The van der Waals surface area contributed by atoms with Crippen LogP contribution in [0.1, 0.15) is 6.92 Å². The van der Waals surface area contributed by atoms with Gasteiger partial charge in [0.2, 0.25) is 0 Å². The lowest BCUT2D eigenvalue weighted by molar-refractivity contribution is -0.0329. The van der Waals surface area contributed by atoms with Crippen molar-refractivity contribution in [2.45, 2.75) is 22.4 Å². The molecule has 3 rings (SSSR count). The number of nitrogens with zero attached hydrogens (tertiary/aromatic N) is 4. The van der Waals surface area contributed by atoms with E-state index in [1.54, 1.807) is 12.3 Å². The van der Waals surface area contributed by atoms with Gasteiger partial charge in [-0.25, -0.2) is 15.0 Å². The van der Waals surface area contributed by atoms with E-state index in [4.69, 9.17) is 0 Å². The first-order valence-corrected chi connectivity index (χ1v) is 8.58. The minimum absolute atomic E-state index is 0.0454. The molecule has 0 bridgehead atoms. The predicted molar refractivity (Wildman–Crippen MR) is 86.2 cm³/mol. The van der Waals surface area contributed by atoms with E-state index in [2.05, 4.69) is 15.0 Å². The lowest BCUT2D eigenvalue weighted by Crippen LogP contribution is -2.00. The fourth-order valence-corrected chi connectivity index (χ4v) is 3.37. The maximum atomic E-state index is 12.4. The molecule has 0 aromatic carbocycles. The standard InChI is InChI=1S/C14H11F3N4OS2/c1-2-23-10-3-8(22)5-18-13(10)9-6-21-7-19-12(4-11(21)20-9)24-14(15,16)17/h3-7,22H,2H2,1H3. The van der Waals surface area contributed by atoms with Gasteiger partial charge in [0.05, 0.1) is 6.20 Å². The Kier molecular flexibility index (Phi) is 4.59. The van der Waals surface area contributed by atoms with Gasteiger partial charge in [0, 0.05) is 28.9 Å². The molecule has 24 heavy (non-hydrogen) atoms. The average Bonchev–Trinajstić information content (AvgIpc) is 2.89. The van der Waals surface area contributed by atoms with Crippen LogP contribution in [0.3, 0.4) is 0 Å². The van der Waals surface area contributed by atoms with E-state index >= 15 is 0 Å². The molecule has 3 heterocycles. The minimum Gasteiger partial charge on any atom is -0.506 e. The van der Waals surface area contributed by atoms with Crippen LogP contribution < -0.4 is 0 Å². The van der Waals surface area contributed by atoms with Crippen LogP contribution >= 0.6 is 23.5 Å². The van der Waals surface area contributed by atoms with Crippen molar-refractivity contribution in [3.05, 3.63) is 30.9 Å². The molecule has 0 atom stereocenters. The summed E-state index contributed by atoms with van der Waals surface area (Å²) in [5, 5.41) is 9.40. The summed E-state index contributed by atoms with van der Waals surface area (Å²) in [6.07, 6.45) is 4.23. The molecule has 0 aliphatic rings. The van der Waals surface area contributed by atoms with E-state index in [1.165, 1.54) is 34.8 Å². The number of aromatic nitrogens is 4. The summed E-state index contributed by atoms with van der Waals surface area (Å²) in [6.45, 7) is 1.97. The molecule has 0 saturated heterocycles. The summed E-state index contributed by atoms with van der Waals surface area (Å²) in [7, 11) is 0. The predicted octanol–water partition coefficient (Wildman–Crippen LogP) is 4.22. The van der Waals surface area contributed by atoms with Gasteiger partial charge in [-0.05, 0) is 11.8 Å². The Morgan fingerprint density at radius 2 is 2.04 bits per heavy atom. The molecule has 0 radical (unpaired) electrons. The van der Waals surface area contributed by atoms with Gasteiger partial charge in [-0.15, -0.1) is 11.8 Å². The number of fused-ring (bicyclic) bond motifs is 1. The highest BCUT2D eigenvalue weighted by molar-refractivity contribution is 8.00. The van der Waals surface area contributed by atoms with Crippen LogP contribution in [0.5, 0.6) is 5.75 Å². The maximum absolute atomic E-state index is 12.4. The summed E-state index contributed by atoms with van der Waals surface area (Å²) in [4.78, 5) is 13.0. The van der Waals surface area contributed by atoms with Crippen LogP contribution in [-0.2, 0) is 0 Å². The zero-order chi connectivity index (χ0) is 17.3. The summed E-state index contributed by atoms with van der Waals surface area (Å²) in [5.41, 5.74) is -2.99. The number of aromatic hydroxyl groups is 1. The van der Waals surface area contributed by atoms with E-state index in [-0.39, 0.29) is 22.5 Å². The van der Waals surface area contributed by atoms with E-state index in [1.807, 2.05) is 6.92 Å². The first-order chi connectivity index (χ1) is 11.4. The van der Waals surface area contributed by atoms with Gasteiger partial charge in [-0.1, -0.05) is 6.92 Å². The van der Waals surface area contributed by atoms with Crippen LogP contribution in [0.2, 0.25) is 0 Å². The van der Waals surface area contributed by atoms with E-state index in [9.17, 15) is 18.3 Å². The minimum atomic E-state index is -4.40. The monoisotopic (exact) mass is 372 g/mol. The SMILES string of the molecule is CCSc1cc(O)cnc1-c1cn2cnc(SC(F)(F)F)cc2n1. The van der Waals surface area contributed by atoms with Gasteiger partial charge >= 0.3 is 5.51 Å². The molecule has 0 fully saturated rings. The maximum Gasteiger partial charge on any atom is 0.447 e. The van der Waals surface area contributed by atoms with E-state index in [0.717, 1.165) is 10.6 Å². The third kappa shape index (κ3) is 3.75. The summed E-state index contributed by atoms with van der Waals surface area (Å²) in [6, 6.07) is 2.86. The van der Waals surface area contributed by atoms with Crippen molar-refractivity contribution in [2.75, 3.05) is 5.75 Å². The molecule has 0 aliphatic carbocycles. The third-order valence-corrected chi connectivity index (χ3v) is 4.50. The molecule has 0 saturated carbocycles. The van der Waals surface area contributed by atoms with Crippen molar-refractivity contribution in [3.63, 3.8) is 0 Å². The highest BCUT2D eigenvalue weighted by Crippen LogP contribution is 2.36. The summed E-state index contributed by atoms with van der Waals surface area (Å²) < 4.78 is 38.9. The number of halogens is 3. The lowest BCUT2D eigenvalue weighted by Gasteiger charge is -2.05. The van der Waals surface area contributed by atoms with Crippen molar-refractivity contribution in [3.8, 4) is 17.1 Å². The third-order valence-electron chi connectivity index (χ3n) is 2.92. The van der Waals surface area contributed by atoms with Crippen molar-refractivity contribution in [1.29, 1.82) is 0 Å². The zero-order valence-corrected chi connectivity index (χ0v) is 13.9. The van der Waals surface area contributed by atoms with Crippen molar-refractivity contribution in [1.82, 2.24) is 19.4 Å². The summed E-state index contributed by atoms with van der Waals surface area (Å²) in [5.74, 6) is 0.823. The van der Waals surface area contributed by atoms with Crippen molar-refractivity contribution >= 4 is 29.2 Å². The number of alkyl halides is 3. The number of thioether (sulfide) groups is 2. The number of pyridine rings is 1. The second kappa shape index (κ2) is 6.52. The Bertz CT molecular complexity index is 882. The molecule has 0 amide bonds. The molecule has 3 aromatic heterocycles. The van der Waals surface area contributed by atoms with Crippen LogP contribution in [0.4, 0.5) is 13.2 Å². The number of rotatable bonds is 4. The van der Waals surface area contributed by atoms with Crippen LogP contribution in [0.15, 0.2) is 40.8 Å². The number of hydrogen-bond acceptors (Lipinski definition) is 6. The normalized spacial score (nSPS) is 12.0. The zero-order valence-electron chi connectivity index (χ0n) is 12.3. The van der Waals surface area contributed by atoms with Crippen molar-refractivity contribution in [2.24, 2.45) is 0 Å². The molecule has 0 spiro atoms. The lowest BCUT2D eigenvalue weighted by atomic mass is 10.3. The smallest absolute Gasteiger partial charge is 0.447 e. The fourth-order valence-electron chi connectivity index (χ4n) is 2.05. The van der Waals surface area contributed by atoms with Crippen LogP contribution in [0.25, 0.3) is 17.0 Å².